The first-order valence-corrected chi connectivity index (χ1v) is 7.55. The summed E-state index contributed by atoms with van der Waals surface area (Å²) in [6, 6.07) is 12.2. The smallest absolute Gasteiger partial charge is 0.144 e. The van der Waals surface area contributed by atoms with Crippen LogP contribution in [0.2, 0.25) is 0 Å². The third kappa shape index (κ3) is 3.57. The van der Waals surface area contributed by atoms with Crippen molar-refractivity contribution in [3.05, 3.63) is 53.5 Å². The van der Waals surface area contributed by atoms with E-state index in [2.05, 4.69) is 12.1 Å². The van der Waals surface area contributed by atoms with Crippen molar-refractivity contribution in [2.24, 2.45) is 10.9 Å². The van der Waals surface area contributed by atoms with E-state index >= 15 is 0 Å². The van der Waals surface area contributed by atoms with Gasteiger partial charge in [-0.05, 0) is 48.6 Å². The molecule has 1 fully saturated rings. The number of hydrogen-bond donors (Lipinski definition) is 0. The molecule has 0 spiro atoms. The predicted octanol–water partition coefficient (Wildman–Crippen LogP) is 4.00. The zero-order valence-corrected chi connectivity index (χ0v) is 13.0. The molecule has 1 aliphatic carbocycles. The molecule has 0 aliphatic heterocycles. The molecular weight excluding hydrogens is 278 g/mol. The third-order valence-electron chi connectivity index (χ3n) is 3.86. The zero-order valence-electron chi connectivity index (χ0n) is 13.0. The van der Waals surface area contributed by atoms with Crippen LogP contribution in [0.5, 0.6) is 5.75 Å². The Bertz CT molecular complexity index is 626. The van der Waals surface area contributed by atoms with Gasteiger partial charge in [0, 0.05) is 7.11 Å². The van der Waals surface area contributed by atoms with Gasteiger partial charge in [-0.2, -0.15) is 0 Å². The Labute approximate surface area is 130 Å². The molecule has 1 heterocycles. The van der Waals surface area contributed by atoms with Gasteiger partial charge in [-0.15, -0.1) is 0 Å². The first-order valence-electron chi connectivity index (χ1n) is 7.55. The van der Waals surface area contributed by atoms with Crippen LogP contribution in [-0.2, 0) is 11.3 Å². The highest BCUT2D eigenvalue weighted by molar-refractivity contribution is 5.76. The summed E-state index contributed by atoms with van der Waals surface area (Å²) < 4.78 is 15.9. The fourth-order valence-corrected chi connectivity index (χ4v) is 2.53. The van der Waals surface area contributed by atoms with E-state index in [4.69, 9.17) is 18.9 Å². The Morgan fingerprint density at radius 2 is 1.95 bits per heavy atom. The van der Waals surface area contributed by atoms with E-state index in [0.29, 0.717) is 12.5 Å². The molecule has 1 unspecified atom stereocenters. The summed E-state index contributed by atoms with van der Waals surface area (Å²) in [5.41, 5.74) is 1.23. The maximum absolute atomic E-state index is 5.65. The van der Waals surface area contributed by atoms with Gasteiger partial charge in [0.15, 0.2) is 0 Å². The lowest BCUT2D eigenvalue weighted by Crippen LogP contribution is -1.99. The summed E-state index contributed by atoms with van der Waals surface area (Å²) in [6.07, 6.45) is 4.30. The maximum Gasteiger partial charge on any atom is 0.144 e. The van der Waals surface area contributed by atoms with Crippen LogP contribution in [0.4, 0.5) is 0 Å². The zero-order chi connectivity index (χ0) is 15.4. The molecule has 4 nitrogen and oxygen atoms in total. The maximum atomic E-state index is 5.65. The molecule has 0 radical (unpaired) electrons. The minimum absolute atomic E-state index is 0.196. The molecule has 0 amide bonds. The van der Waals surface area contributed by atoms with Crippen molar-refractivity contribution < 1.29 is 13.9 Å². The van der Waals surface area contributed by atoms with E-state index in [0.717, 1.165) is 17.3 Å². The molecule has 1 saturated carbocycles. The highest BCUT2D eigenvalue weighted by atomic mass is 16.5. The summed E-state index contributed by atoms with van der Waals surface area (Å²) in [5.74, 6) is 3.10. The number of methoxy groups -OCH3 is 2. The number of benzene rings is 1. The average molecular weight is 299 g/mol. The Morgan fingerprint density at radius 3 is 2.59 bits per heavy atom. The number of furan rings is 1. The van der Waals surface area contributed by atoms with Crippen molar-refractivity contribution in [3.8, 4) is 5.75 Å². The van der Waals surface area contributed by atoms with Gasteiger partial charge in [-0.1, -0.05) is 12.1 Å². The molecule has 116 valence electrons. The van der Waals surface area contributed by atoms with Gasteiger partial charge in [0.25, 0.3) is 0 Å². The quantitative estimate of drug-likeness (QED) is 0.726. The monoisotopic (exact) mass is 299 g/mol. The number of ether oxygens (including phenoxy) is 2. The van der Waals surface area contributed by atoms with Crippen LogP contribution in [0.3, 0.4) is 0 Å². The summed E-state index contributed by atoms with van der Waals surface area (Å²) in [5, 5.41) is 0. The molecule has 3 rings (SSSR count). The number of nitrogens with zero attached hydrogens (tertiary/aromatic N) is 1. The van der Waals surface area contributed by atoms with Crippen molar-refractivity contribution in [1.82, 2.24) is 0 Å². The lowest BCUT2D eigenvalue weighted by molar-refractivity contribution is 0.164. The van der Waals surface area contributed by atoms with E-state index in [1.807, 2.05) is 30.5 Å². The van der Waals surface area contributed by atoms with Crippen molar-refractivity contribution in [2.45, 2.75) is 25.5 Å². The van der Waals surface area contributed by atoms with Crippen LogP contribution in [0.1, 0.15) is 36.0 Å². The molecule has 22 heavy (non-hydrogen) atoms. The average Bonchev–Trinajstić information content (AvgIpc) is 3.29. The van der Waals surface area contributed by atoms with Gasteiger partial charge >= 0.3 is 0 Å². The standard InChI is InChI=1S/C18H21NO3/c1-20-12-17-10-9-16(22-17)11-19-18(13-3-4-13)14-5-7-15(21-2)8-6-14/h5-11,13,18H,3-4,12H2,1-2H3. The van der Waals surface area contributed by atoms with E-state index in [-0.39, 0.29) is 6.04 Å². The van der Waals surface area contributed by atoms with Gasteiger partial charge in [-0.25, -0.2) is 0 Å². The summed E-state index contributed by atoms with van der Waals surface area (Å²) >= 11 is 0. The van der Waals surface area contributed by atoms with E-state index in [1.165, 1.54) is 18.4 Å². The second-order valence-electron chi connectivity index (χ2n) is 5.57. The number of hydrogen-bond acceptors (Lipinski definition) is 4. The van der Waals surface area contributed by atoms with Crippen molar-refractivity contribution in [1.29, 1.82) is 0 Å². The molecule has 2 aromatic rings. The fourth-order valence-electron chi connectivity index (χ4n) is 2.53. The Kier molecular flexibility index (Phi) is 4.59. The van der Waals surface area contributed by atoms with E-state index in [9.17, 15) is 0 Å². The highest BCUT2D eigenvalue weighted by Crippen LogP contribution is 2.43. The van der Waals surface area contributed by atoms with E-state index in [1.54, 1.807) is 14.2 Å². The minimum atomic E-state index is 0.196. The van der Waals surface area contributed by atoms with Crippen LogP contribution < -0.4 is 4.74 Å². The lowest BCUT2D eigenvalue weighted by Gasteiger charge is -2.12. The Hall–Kier alpha value is -2.07. The lowest BCUT2D eigenvalue weighted by atomic mass is 10.0. The van der Waals surface area contributed by atoms with Gasteiger partial charge in [0.05, 0.1) is 19.4 Å². The molecule has 1 atom stereocenters. The topological polar surface area (TPSA) is 44.0 Å². The van der Waals surface area contributed by atoms with Crippen molar-refractivity contribution >= 4 is 6.21 Å². The van der Waals surface area contributed by atoms with Gasteiger partial charge in [0.2, 0.25) is 0 Å². The van der Waals surface area contributed by atoms with E-state index < -0.39 is 0 Å². The summed E-state index contributed by atoms with van der Waals surface area (Å²) in [6.45, 7) is 0.484. The van der Waals surface area contributed by atoms with Crippen molar-refractivity contribution in [2.75, 3.05) is 14.2 Å². The second-order valence-corrected chi connectivity index (χ2v) is 5.57. The molecule has 0 N–H and O–H groups in total. The first-order chi connectivity index (χ1) is 10.8. The Morgan fingerprint density at radius 1 is 1.18 bits per heavy atom. The molecule has 1 aliphatic rings. The minimum Gasteiger partial charge on any atom is -0.497 e. The fraction of sp³-hybridized carbons (Fsp3) is 0.389. The highest BCUT2D eigenvalue weighted by Gasteiger charge is 2.31. The number of aliphatic imine (C=N–C) groups is 1. The van der Waals surface area contributed by atoms with Gasteiger partial charge < -0.3 is 13.9 Å². The molecule has 1 aromatic heterocycles. The predicted molar refractivity (Wildman–Crippen MR) is 85.5 cm³/mol. The normalized spacial score (nSPS) is 16.1. The molecule has 0 saturated heterocycles. The molecule has 1 aromatic carbocycles. The van der Waals surface area contributed by atoms with Crippen molar-refractivity contribution in [3.63, 3.8) is 0 Å². The molecule has 4 heteroatoms. The van der Waals surface area contributed by atoms with Crippen LogP contribution in [0, 0.1) is 5.92 Å². The first kappa shape index (κ1) is 14.9. The van der Waals surface area contributed by atoms with Crippen LogP contribution >= 0.6 is 0 Å². The molecular formula is C18H21NO3. The third-order valence-corrected chi connectivity index (χ3v) is 3.86. The summed E-state index contributed by atoms with van der Waals surface area (Å²) in [4.78, 5) is 4.75. The second kappa shape index (κ2) is 6.79. The van der Waals surface area contributed by atoms with Crippen LogP contribution in [0.15, 0.2) is 45.8 Å². The van der Waals surface area contributed by atoms with Crippen LogP contribution in [-0.4, -0.2) is 20.4 Å². The Balaban J connectivity index is 1.74. The largest absolute Gasteiger partial charge is 0.497 e. The van der Waals surface area contributed by atoms with Gasteiger partial charge in [-0.3, -0.25) is 4.99 Å². The van der Waals surface area contributed by atoms with Gasteiger partial charge in [0.1, 0.15) is 23.9 Å². The SMILES string of the molecule is COCc1ccc(C=NC(c2ccc(OC)cc2)C2CC2)o1. The molecule has 0 bridgehead atoms. The summed E-state index contributed by atoms with van der Waals surface area (Å²) in [7, 11) is 3.34. The number of rotatable bonds is 7. The van der Waals surface area contributed by atoms with Crippen LogP contribution in [0.25, 0.3) is 0 Å².